The van der Waals surface area contributed by atoms with Crippen LogP contribution in [0.4, 0.5) is 52.7 Å². The van der Waals surface area contributed by atoms with Crippen LogP contribution in [0, 0.1) is 34.9 Å². The van der Waals surface area contributed by atoms with Gasteiger partial charge in [0.1, 0.15) is 58.0 Å². The number of hydrogen-bond acceptors (Lipinski definition) is 17. The number of alkyl halides is 7. The quantitative estimate of drug-likeness (QED) is 0.0241. The zero-order chi connectivity index (χ0) is 99.5. The molecular formula is C99H93BBrClF12N6O16S2. The molecule has 1 aromatic heterocycles. The standard InChI is InChI=1S/2C20H17F2NO.2C15H14F3NO4S.C14H15NO2.C6H5BF2O2.C6H7NO.C3H4BrClO/c2*21-15-6-8-18(22)17(12-15)14-10-16-7-9-20(24)23(16)19(11-14)13-4-2-1-3-5-13;2*16-15(17,18)24(21,22)23-12-8-11-6-7-14(20)19(11)13(9-12)10-4-2-1-3-5-10;16-12-8-11-6-7-14(17)15(11)13(9-12)10-4-2-1-3-5-10;8-4-1-2-6(9)5(3-4)7(10)11;1-8-6-2-4-7-5-3-6;4-2-1-3(5)6/h1-6,8,11-12,16,19H,7,9-10H2;1-6,8,10,12,16,19H,7,9,11H2;1-5,9,11,13H,6-8H2;1-5,8,11,13H,6-7,9H2;1-5,11,13H,6-9H2;1-3,10-11H;2-5H,1H3;1-2H2/t2*16-,19+;;;;;;/m11....../s1. The van der Waals surface area contributed by atoms with Crippen LogP contribution < -0.4 is 10.2 Å². The second-order valence-electron chi connectivity index (χ2n) is 33.1. The lowest BCUT2D eigenvalue weighted by molar-refractivity contribution is -0.137. The van der Waals surface area contributed by atoms with Gasteiger partial charge < -0.3 is 47.7 Å². The van der Waals surface area contributed by atoms with Crippen molar-refractivity contribution in [1.29, 1.82) is 0 Å². The van der Waals surface area contributed by atoms with Gasteiger partial charge in [0, 0.05) is 117 Å². The Kier molecular flexibility index (Phi) is 35.6. The molecule has 19 rings (SSSR count). The zero-order valence-electron chi connectivity index (χ0n) is 73.7. The van der Waals surface area contributed by atoms with E-state index in [0.29, 0.717) is 86.2 Å². The van der Waals surface area contributed by atoms with Gasteiger partial charge in [0.2, 0.25) is 34.8 Å². The number of fused-ring (bicyclic) bond motifs is 5. The van der Waals surface area contributed by atoms with Gasteiger partial charge in [0.05, 0.1) is 49.4 Å². The van der Waals surface area contributed by atoms with Gasteiger partial charge in [-0.05, 0) is 174 Å². The first kappa shape index (κ1) is 105. The summed E-state index contributed by atoms with van der Waals surface area (Å²) in [5.74, 6) is -2.46. The molecule has 39 heteroatoms. The Labute approximate surface area is 802 Å². The second-order valence-corrected chi connectivity index (χ2v) is 37.4. The van der Waals surface area contributed by atoms with E-state index in [-0.39, 0.29) is 120 Å². The second kappa shape index (κ2) is 47.0. The van der Waals surface area contributed by atoms with Crippen molar-refractivity contribution in [2.45, 2.75) is 181 Å². The molecule has 5 amide bonds. The van der Waals surface area contributed by atoms with E-state index in [1.165, 1.54) is 24.3 Å². The molecule has 9 aromatic rings. The summed E-state index contributed by atoms with van der Waals surface area (Å²) < 4.78 is 214. The number of carbonyl (C=O) groups is 7. The molecule has 728 valence electrons. The molecule has 22 nitrogen and oxygen atoms in total. The third-order valence-electron chi connectivity index (χ3n) is 24.2. The molecule has 0 bridgehead atoms. The Balaban J connectivity index is 0.000000146. The number of pyridine rings is 1. The highest BCUT2D eigenvalue weighted by molar-refractivity contribution is 9.09. The van der Waals surface area contributed by atoms with Crippen molar-refractivity contribution in [1.82, 2.24) is 29.5 Å². The van der Waals surface area contributed by atoms with E-state index in [2.05, 4.69) is 29.3 Å². The number of methoxy groups -OCH3 is 1. The van der Waals surface area contributed by atoms with Crippen LogP contribution in [-0.2, 0) is 62.2 Å². The molecule has 6 unspecified atom stereocenters. The lowest BCUT2D eigenvalue weighted by atomic mass is 9.80. The van der Waals surface area contributed by atoms with Gasteiger partial charge >= 0.3 is 38.4 Å². The van der Waals surface area contributed by atoms with Gasteiger partial charge in [-0.2, -0.15) is 43.2 Å². The molecule has 10 atom stereocenters. The van der Waals surface area contributed by atoms with E-state index in [1.54, 1.807) is 102 Å². The molecule has 8 aromatic carbocycles. The number of aromatic nitrogens is 1. The maximum atomic E-state index is 14.2. The van der Waals surface area contributed by atoms with Gasteiger partial charge in [-0.1, -0.05) is 180 Å². The number of nitrogens with zero attached hydrogens (tertiary/aromatic N) is 6. The van der Waals surface area contributed by atoms with Crippen LogP contribution in [0.2, 0.25) is 0 Å². The average molecular weight is 2040 g/mol. The van der Waals surface area contributed by atoms with Crippen molar-refractivity contribution < 1.29 is 126 Å². The minimum atomic E-state index is -5.72. The molecule has 0 saturated carbocycles. The summed E-state index contributed by atoms with van der Waals surface area (Å²) in [7, 11) is -11.8. The number of hydrogen-bond donors (Lipinski definition) is 2. The summed E-state index contributed by atoms with van der Waals surface area (Å²) in [6.07, 6.45) is 17.5. The van der Waals surface area contributed by atoms with Gasteiger partial charge in [0.25, 0.3) is 0 Å². The van der Waals surface area contributed by atoms with E-state index in [4.69, 9.17) is 26.4 Å². The largest absolute Gasteiger partial charge is 0.534 e. The fourth-order valence-electron chi connectivity index (χ4n) is 18.0. The fraction of sp³-hybridized carbons (Fsp3) is 0.313. The summed E-state index contributed by atoms with van der Waals surface area (Å²) in [5, 5.41) is 17.3. The first-order valence-corrected chi connectivity index (χ1v) is 48.1. The summed E-state index contributed by atoms with van der Waals surface area (Å²) in [5.41, 5.74) is -4.77. The van der Waals surface area contributed by atoms with E-state index in [0.717, 1.165) is 101 Å². The SMILES string of the molecule is COc1ccncc1.O=C(Cl)CCBr.O=C1CC2CCC(=O)N2C(c2ccccc2)C1.O=C1CCC2C=C(OS(=O)(=O)C(F)(F)F)CC(c3ccccc3)N12.O=C1CCC2CC(OS(=O)(=O)C(F)(F)F)=CC(c3ccccc3)N12.O=C1CC[C@@H]2C=C(c3cc(F)ccc3F)C[C@@H](c3ccccc3)N12.O=C1CC[C@@H]2CC(c3cc(F)ccc3F)=C[C@@H](c3ccccc3)N12.OB(O)c1cc(F)ccc1F. The number of carbonyl (C=O) groups excluding carboxylic acids is 7. The van der Waals surface area contributed by atoms with Crippen LogP contribution in [0.5, 0.6) is 5.75 Å². The lowest BCUT2D eigenvalue weighted by Gasteiger charge is -2.37. The average Bonchev–Trinajstić information content (AvgIpc) is 1.59. The van der Waals surface area contributed by atoms with Crippen LogP contribution in [0.1, 0.15) is 178 Å². The van der Waals surface area contributed by atoms with E-state index in [9.17, 15) is 103 Å². The van der Waals surface area contributed by atoms with E-state index in [1.807, 2.05) is 118 Å². The molecule has 0 aliphatic carbocycles. The predicted octanol–water partition coefficient (Wildman–Crippen LogP) is 19.1. The number of halogens is 14. The molecule has 0 spiro atoms. The number of Topliss-reactive ketones (excluding diaryl/α,β-unsaturated/α-hetero) is 1. The van der Waals surface area contributed by atoms with Crippen molar-refractivity contribution in [2.24, 2.45) is 0 Å². The normalized spacial score (nSPS) is 21.7. The van der Waals surface area contributed by atoms with Crippen LogP contribution in [-0.4, -0.2) is 158 Å². The molecule has 6 fully saturated rings. The monoisotopic (exact) mass is 2040 g/mol. The van der Waals surface area contributed by atoms with Crippen molar-refractivity contribution >= 4 is 112 Å². The number of ketones is 1. The first-order valence-electron chi connectivity index (χ1n) is 43.8. The molecular weight excluding hydrogens is 1950 g/mol. The Morgan fingerprint density at radius 3 is 1.20 bits per heavy atom. The molecule has 10 aliphatic heterocycles. The molecule has 10 aliphatic rings. The van der Waals surface area contributed by atoms with Crippen molar-refractivity contribution in [2.75, 3.05) is 12.4 Å². The van der Waals surface area contributed by atoms with E-state index >= 15 is 0 Å². The first-order chi connectivity index (χ1) is 65.7. The predicted molar refractivity (Wildman–Crippen MR) is 491 cm³/mol. The number of rotatable bonds is 15. The Hall–Kier alpha value is -12.2. The highest BCUT2D eigenvalue weighted by Crippen LogP contribution is 2.48. The molecule has 0 radical (unpaired) electrons. The zero-order valence-corrected chi connectivity index (χ0v) is 77.7. The van der Waals surface area contributed by atoms with Crippen LogP contribution >= 0.6 is 27.5 Å². The van der Waals surface area contributed by atoms with Gasteiger partial charge in [-0.25, -0.2) is 26.3 Å². The fourth-order valence-corrected chi connectivity index (χ4v) is 19.7. The summed E-state index contributed by atoms with van der Waals surface area (Å²) >= 11 is 7.95. The van der Waals surface area contributed by atoms with E-state index < -0.39 is 96.9 Å². The summed E-state index contributed by atoms with van der Waals surface area (Å²) in [4.78, 5) is 95.0. The Bertz CT molecular complexity index is 6190. The smallest absolute Gasteiger partial charge is 0.497 e. The molecule has 6 saturated heterocycles. The molecule has 11 heterocycles. The maximum Gasteiger partial charge on any atom is 0.534 e. The van der Waals surface area contributed by atoms with Crippen LogP contribution in [0.25, 0.3) is 11.1 Å². The van der Waals surface area contributed by atoms with Crippen molar-refractivity contribution in [3.8, 4) is 5.75 Å². The molecule has 2 N–H and O–H groups in total. The van der Waals surface area contributed by atoms with Gasteiger partial charge in [-0.3, -0.25) is 38.5 Å². The Morgan fingerprint density at radius 1 is 0.428 bits per heavy atom. The van der Waals surface area contributed by atoms with Crippen molar-refractivity contribution in [3.05, 3.63) is 340 Å². The third kappa shape index (κ3) is 26.6. The molecule has 138 heavy (non-hydrogen) atoms. The highest BCUT2D eigenvalue weighted by atomic mass is 79.9. The van der Waals surface area contributed by atoms with Crippen molar-refractivity contribution in [3.63, 3.8) is 0 Å². The maximum absolute atomic E-state index is 14.2. The minimum Gasteiger partial charge on any atom is -0.497 e. The van der Waals surface area contributed by atoms with Crippen LogP contribution in [0.15, 0.2) is 267 Å². The highest BCUT2D eigenvalue weighted by Gasteiger charge is 2.53. The Morgan fingerprint density at radius 2 is 0.790 bits per heavy atom. The van der Waals surface area contributed by atoms with Gasteiger partial charge in [-0.15, -0.1) is 0 Å². The van der Waals surface area contributed by atoms with Gasteiger partial charge in [0.15, 0.2) is 0 Å². The third-order valence-corrected chi connectivity index (χ3v) is 26.8. The lowest BCUT2D eigenvalue weighted by Crippen LogP contribution is -2.43. The summed E-state index contributed by atoms with van der Waals surface area (Å²) in [6.45, 7) is 0. The minimum absolute atomic E-state index is 0.0301. The van der Waals surface area contributed by atoms with Crippen LogP contribution in [0.3, 0.4) is 0 Å². The number of benzene rings is 8. The summed E-state index contributed by atoms with van der Waals surface area (Å²) in [6, 6.07) is 57.7. The number of ether oxygens (including phenoxy) is 1. The number of amides is 5. The number of piperidine rings is 1. The topological polar surface area (TPSA) is 285 Å².